The summed E-state index contributed by atoms with van der Waals surface area (Å²) in [7, 11) is 2.67. The van der Waals surface area contributed by atoms with Crippen molar-refractivity contribution in [2.75, 3.05) is 14.2 Å². The van der Waals surface area contributed by atoms with E-state index in [1.165, 1.54) is 20.3 Å². The van der Waals surface area contributed by atoms with Gasteiger partial charge < -0.3 is 14.6 Å². The van der Waals surface area contributed by atoms with Crippen molar-refractivity contribution >= 4 is 5.69 Å². The van der Waals surface area contributed by atoms with Crippen molar-refractivity contribution in [2.45, 2.75) is 0 Å². The molecule has 1 aromatic carbocycles. The summed E-state index contributed by atoms with van der Waals surface area (Å²) in [6, 6.07) is 2.48. The smallest absolute Gasteiger partial charge is 0.352 e. The van der Waals surface area contributed by atoms with Gasteiger partial charge in [0.15, 0.2) is 0 Å². The maximum atomic E-state index is 10.5. The highest BCUT2D eigenvalue weighted by Gasteiger charge is 2.22. The molecule has 0 aliphatic rings. The number of rotatable bonds is 3. The predicted molar refractivity (Wildman–Crippen MR) is 47.9 cm³/mol. The van der Waals surface area contributed by atoms with E-state index in [-0.39, 0.29) is 5.75 Å². The fraction of sp³-hybridized carbons (Fsp3) is 0.250. The molecule has 6 heteroatoms. The lowest BCUT2D eigenvalue weighted by atomic mass is 10.2. The van der Waals surface area contributed by atoms with Crippen LogP contribution in [0.25, 0.3) is 0 Å². The number of hydrogen-bond donors (Lipinski definition) is 1. The first-order valence-corrected chi connectivity index (χ1v) is 3.69. The monoisotopic (exact) mass is 199 g/mol. The molecule has 1 rings (SSSR count). The Kier molecular flexibility index (Phi) is 2.76. The third kappa shape index (κ3) is 1.68. The minimum atomic E-state index is -0.715. The topological polar surface area (TPSA) is 81.8 Å². The number of nitro groups is 1. The zero-order valence-corrected chi connectivity index (χ0v) is 7.68. The van der Waals surface area contributed by atoms with E-state index >= 15 is 0 Å². The van der Waals surface area contributed by atoms with Gasteiger partial charge in [0.2, 0.25) is 11.5 Å². The van der Waals surface area contributed by atoms with Gasteiger partial charge in [-0.2, -0.15) is 0 Å². The van der Waals surface area contributed by atoms with Crippen LogP contribution in [0, 0.1) is 10.1 Å². The zero-order valence-electron chi connectivity index (χ0n) is 7.68. The largest absolute Gasteiger partial charge is 0.502 e. The van der Waals surface area contributed by atoms with E-state index in [1.54, 1.807) is 0 Å². The molecular weight excluding hydrogens is 190 g/mol. The number of benzene rings is 1. The highest BCUT2D eigenvalue weighted by molar-refractivity contribution is 5.60. The molecule has 0 saturated carbocycles. The van der Waals surface area contributed by atoms with Gasteiger partial charge in [-0.05, 0) is 0 Å². The number of ether oxygens (including phenoxy) is 2. The molecular formula is C8H9NO5. The summed E-state index contributed by atoms with van der Waals surface area (Å²) in [6.07, 6.45) is 0. The second kappa shape index (κ2) is 3.82. The molecule has 76 valence electrons. The van der Waals surface area contributed by atoms with E-state index in [9.17, 15) is 15.2 Å². The molecule has 0 amide bonds. The van der Waals surface area contributed by atoms with E-state index < -0.39 is 16.4 Å². The number of phenolic OH excluding ortho intramolecular Hbond substituents is 1. The molecule has 0 spiro atoms. The summed E-state index contributed by atoms with van der Waals surface area (Å²) < 4.78 is 9.56. The van der Waals surface area contributed by atoms with Crippen molar-refractivity contribution in [1.82, 2.24) is 0 Å². The van der Waals surface area contributed by atoms with Gasteiger partial charge in [-0.25, -0.2) is 0 Å². The lowest BCUT2D eigenvalue weighted by Gasteiger charge is -2.05. The Bertz CT molecular complexity index is 363. The van der Waals surface area contributed by atoms with E-state index in [0.29, 0.717) is 5.75 Å². The maximum absolute atomic E-state index is 10.5. The lowest BCUT2D eigenvalue weighted by Crippen LogP contribution is -1.95. The molecule has 0 fully saturated rings. The second-order valence-corrected chi connectivity index (χ2v) is 2.45. The molecule has 1 N–H and O–H groups in total. The fourth-order valence-corrected chi connectivity index (χ4v) is 1.03. The van der Waals surface area contributed by atoms with Crippen molar-refractivity contribution in [2.24, 2.45) is 0 Å². The molecule has 0 aliphatic heterocycles. The summed E-state index contributed by atoms with van der Waals surface area (Å²) in [4.78, 5) is 9.81. The van der Waals surface area contributed by atoms with E-state index in [2.05, 4.69) is 0 Å². The Morgan fingerprint density at radius 2 is 2.00 bits per heavy atom. The quantitative estimate of drug-likeness (QED) is 0.586. The summed E-state index contributed by atoms with van der Waals surface area (Å²) in [5.74, 6) is -0.219. The van der Waals surface area contributed by atoms with Crippen LogP contribution in [0.2, 0.25) is 0 Å². The van der Waals surface area contributed by atoms with E-state index in [4.69, 9.17) is 9.47 Å². The number of phenols is 1. The average Bonchev–Trinajstić information content (AvgIpc) is 2.15. The van der Waals surface area contributed by atoms with Crippen LogP contribution in [0.4, 0.5) is 5.69 Å². The molecule has 0 bridgehead atoms. The Labute approximate surface area is 79.8 Å². The third-order valence-corrected chi connectivity index (χ3v) is 1.67. The molecule has 0 unspecified atom stereocenters. The first-order chi connectivity index (χ1) is 6.60. The summed E-state index contributed by atoms with van der Waals surface area (Å²) in [5.41, 5.74) is -0.465. The van der Waals surface area contributed by atoms with E-state index in [0.717, 1.165) is 6.07 Å². The highest BCUT2D eigenvalue weighted by atomic mass is 16.6. The first-order valence-electron chi connectivity index (χ1n) is 3.69. The van der Waals surface area contributed by atoms with Crippen LogP contribution < -0.4 is 9.47 Å². The molecule has 6 nitrogen and oxygen atoms in total. The van der Waals surface area contributed by atoms with Crippen molar-refractivity contribution in [1.29, 1.82) is 0 Å². The Morgan fingerprint density at radius 1 is 1.36 bits per heavy atom. The SMILES string of the molecule is COc1cc(O)c([N+](=O)[O-])c(OC)c1. The van der Waals surface area contributed by atoms with Crippen LogP contribution in [0.15, 0.2) is 12.1 Å². The van der Waals surface area contributed by atoms with Gasteiger partial charge in [0.05, 0.1) is 19.1 Å². The number of nitro benzene ring substituents is 1. The van der Waals surface area contributed by atoms with Gasteiger partial charge >= 0.3 is 5.69 Å². The summed E-state index contributed by atoms with van der Waals surface area (Å²) in [5, 5.41) is 19.8. The standard InChI is InChI=1S/C8H9NO5/c1-13-5-3-6(10)8(9(11)12)7(4-5)14-2/h3-4,10H,1-2H3. The fourth-order valence-electron chi connectivity index (χ4n) is 1.03. The number of aromatic hydroxyl groups is 1. The highest BCUT2D eigenvalue weighted by Crippen LogP contribution is 2.39. The zero-order chi connectivity index (χ0) is 10.7. The minimum Gasteiger partial charge on any atom is -0.502 e. The van der Waals surface area contributed by atoms with Gasteiger partial charge in [0, 0.05) is 12.1 Å². The van der Waals surface area contributed by atoms with Gasteiger partial charge in [0.1, 0.15) is 5.75 Å². The van der Waals surface area contributed by atoms with Gasteiger partial charge in [-0.1, -0.05) is 0 Å². The van der Waals surface area contributed by atoms with Crippen LogP contribution in [0.5, 0.6) is 17.2 Å². The van der Waals surface area contributed by atoms with Gasteiger partial charge in [-0.3, -0.25) is 10.1 Å². The van der Waals surface area contributed by atoms with Crippen molar-refractivity contribution < 1.29 is 19.5 Å². The average molecular weight is 199 g/mol. The maximum Gasteiger partial charge on any atom is 0.352 e. The molecule has 0 radical (unpaired) electrons. The van der Waals surface area contributed by atoms with Crippen LogP contribution in [-0.2, 0) is 0 Å². The molecule has 1 aromatic rings. The molecule has 0 aromatic heterocycles. The normalized spacial score (nSPS) is 9.57. The Balaban J connectivity index is 3.34. The van der Waals surface area contributed by atoms with Gasteiger partial charge in [0.25, 0.3) is 0 Å². The van der Waals surface area contributed by atoms with E-state index in [1.807, 2.05) is 0 Å². The molecule has 0 aliphatic carbocycles. The summed E-state index contributed by atoms with van der Waals surface area (Å²) in [6.45, 7) is 0. The van der Waals surface area contributed by atoms with Crippen LogP contribution in [-0.4, -0.2) is 24.2 Å². The number of methoxy groups -OCH3 is 2. The number of nitrogens with zero attached hydrogens (tertiary/aromatic N) is 1. The van der Waals surface area contributed by atoms with Crippen LogP contribution in [0.3, 0.4) is 0 Å². The first kappa shape index (κ1) is 10.1. The van der Waals surface area contributed by atoms with Gasteiger partial charge in [-0.15, -0.1) is 0 Å². The van der Waals surface area contributed by atoms with Crippen LogP contribution in [0.1, 0.15) is 0 Å². The molecule has 0 heterocycles. The van der Waals surface area contributed by atoms with Crippen molar-refractivity contribution in [3.05, 3.63) is 22.2 Å². The Hall–Kier alpha value is -1.98. The van der Waals surface area contributed by atoms with Crippen molar-refractivity contribution in [3.8, 4) is 17.2 Å². The Morgan fingerprint density at radius 3 is 2.43 bits per heavy atom. The minimum absolute atomic E-state index is 0.0353. The van der Waals surface area contributed by atoms with Crippen LogP contribution >= 0.6 is 0 Å². The third-order valence-electron chi connectivity index (χ3n) is 1.67. The number of hydrogen-bond acceptors (Lipinski definition) is 5. The molecule has 0 saturated heterocycles. The second-order valence-electron chi connectivity index (χ2n) is 2.45. The summed E-state index contributed by atoms with van der Waals surface area (Å²) >= 11 is 0. The van der Waals surface area contributed by atoms with Crippen molar-refractivity contribution in [3.63, 3.8) is 0 Å². The predicted octanol–water partition coefficient (Wildman–Crippen LogP) is 1.32. The molecule has 0 atom stereocenters. The molecule has 14 heavy (non-hydrogen) atoms. The lowest BCUT2D eigenvalue weighted by molar-refractivity contribution is -0.386.